The molecule has 0 saturated carbocycles. The highest BCUT2D eigenvalue weighted by atomic mass is 79.9. The largest absolute Gasteiger partial charge is 0.347 e. The number of halogens is 2. The normalized spacial score (nSPS) is 10.2. The summed E-state index contributed by atoms with van der Waals surface area (Å²) in [7, 11) is 0. The predicted molar refractivity (Wildman–Crippen MR) is 74.6 cm³/mol. The first kappa shape index (κ1) is 12.6. The van der Waals surface area contributed by atoms with Crippen LogP contribution in [-0.2, 0) is 6.54 Å². The van der Waals surface area contributed by atoms with Gasteiger partial charge in [-0.2, -0.15) is 0 Å². The maximum atomic E-state index is 11.8. The molecule has 0 unspecified atom stereocenters. The molecule has 0 atom stereocenters. The second-order valence-electron chi connectivity index (χ2n) is 3.41. The third-order valence-corrected chi connectivity index (χ3v) is 4.24. The van der Waals surface area contributed by atoms with E-state index in [0.717, 1.165) is 10.0 Å². The minimum Gasteiger partial charge on any atom is -0.347 e. The van der Waals surface area contributed by atoms with Gasteiger partial charge in [0, 0.05) is 16.0 Å². The van der Waals surface area contributed by atoms with Crippen LogP contribution < -0.4 is 5.32 Å². The fourth-order valence-electron chi connectivity index (χ4n) is 1.37. The second-order valence-corrected chi connectivity index (χ2v) is 5.62. The zero-order valence-electron chi connectivity index (χ0n) is 8.74. The zero-order chi connectivity index (χ0) is 12.3. The van der Waals surface area contributed by atoms with Gasteiger partial charge in [-0.1, -0.05) is 23.7 Å². The Hall–Kier alpha value is -0.840. The van der Waals surface area contributed by atoms with Gasteiger partial charge in [-0.25, -0.2) is 0 Å². The van der Waals surface area contributed by atoms with Crippen LogP contribution in [0.1, 0.15) is 15.2 Å². The standard InChI is InChI=1S/C12H9BrClNOS/c13-10-4-5-17-11(10)12(16)15-7-8-2-1-3-9(14)6-8/h1-6H,7H2,(H,15,16). The molecule has 0 bridgehead atoms. The summed E-state index contributed by atoms with van der Waals surface area (Å²) in [5.74, 6) is -0.0770. The molecule has 1 aromatic carbocycles. The average Bonchev–Trinajstić information content (AvgIpc) is 2.72. The summed E-state index contributed by atoms with van der Waals surface area (Å²) < 4.78 is 0.825. The maximum Gasteiger partial charge on any atom is 0.262 e. The van der Waals surface area contributed by atoms with Crippen molar-refractivity contribution >= 4 is 44.8 Å². The van der Waals surface area contributed by atoms with Gasteiger partial charge in [0.2, 0.25) is 0 Å². The van der Waals surface area contributed by atoms with Crippen LogP contribution in [0.25, 0.3) is 0 Å². The molecule has 17 heavy (non-hydrogen) atoms. The van der Waals surface area contributed by atoms with Gasteiger partial charge in [-0.15, -0.1) is 11.3 Å². The minimum absolute atomic E-state index is 0.0770. The molecule has 1 N–H and O–H groups in total. The Balaban J connectivity index is 1.99. The third kappa shape index (κ3) is 3.31. The van der Waals surface area contributed by atoms with Crippen LogP contribution in [0.5, 0.6) is 0 Å². The van der Waals surface area contributed by atoms with Gasteiger partial charge < -0.3 is 5.32 Å². The van der Waals surface area contributed by atoms with Crippen molar-refractivity contribution in [3.8, 4) is 0 Å². The van der Waals surface area contributed by atoms with Gasteiger partial charge in [0.15, 0.2) is 0 Å². The van der Waals surface area contributed by atoms with E-state index in [1.54, 1.807) is 0 Å². The van der Waals surface area contributed by atoms with Crippen LogP contribution in [0.2, 0.25) is 5.02 Å². The molecule has 0 fully saturated rings. The summed E-state index contributed by atoms with van der Waals surface area (Å²) in [5.41, 5.74) is 0.985. The highest BCUT2D eigenvalue weighted by Gasteiger charge is 2.10. The van der Waals surface area contributed by atoms with Crippen LogP contribution in [0.4, 0.5) is 0 Å². The van der Waals surface area contributed by atoms with E-state index in [-0.39, 0.29) is 5.91 Å². The molecule has 1 heterocycles. The first-order chi connectivity index (χ1) is 8.16. The van der Waals surface area contributed by atoms with Crippen LogP contribution in [0.15, 0.2) is 40.2 Å². The van der Waals surface area contributed by atoms with Crippen molar-refractivity contribution < 1.29 is 4.79 Å². The van der Waals surface area contributed by atoms with Gasteiger partial charge >= 0.3 is 0 Å². The molecule has 2 aromatic rings. The lowest BCUT2D eigenvalue weighted by Crippen LogP contribution is -2.22. The van der Waals surface area contributed by atoms with Gasteiger partial charge in [0.25, 0.3) is 5.91 Å². The van der Waals surface area contributed by atoms with Gasteiger partial charge in [-0.3, -0.25) is 4.79 Å². The summed E-state index contributed by atoms with van der Waals surface area (Å²) in [6.45, 7) is 0.476. The molecule has 0 aliphatic rings. The number of nitrogens with one attached hydrogen (secondary N) is 1. The van der Waals surface area contributed by atoms with Crippen molar-refractivity contribution in [2.75, 3.05) is 0 Å². The molecule has 88 valence electrons. The number of rotatable bonds is 3. The van der Waals surface area contributed by atoms with E-state index in [4.69, 9.17) is 11.6 Å². The van der Waals surface area contributed by atoms with Crippen molar-refractivity contribution in [3.63, 3.8) is 0 Å². The molecule has 2 rings (SSSR count). The molecule has 1 aromatic heterocycles. The number of amides is 1. The van der Waals surface area contributed by atoms with Crippen molar-refractivity contribution in [2.45, 2.75) is 6.54 Å². The van der Waals surface area contributed by atoms with Gasteiger partial charge in [0.05, 0.1) is 0 Å². The first-order valence-electron chi connectivity index (χ1n) is 4.92. The molecule has 0 spiro atoms. The Kier molecular flexibility index (Phi) is 4.20. The predicted octanol–water partition coefficient (Wildman–Crippen LogP) is 4.09. The number of hydrogen-bond acceptors (Lipinski definition) is 2. The molecule has 5 heteroatoms. The summed E-state index contributed by atoms with van der Waals surface area (Å²) in [4.78, 5) is 12.5. The van der Waals surface area contributed by atoms with Crippen molar-refractivity contribution in [2.24, 2.45) is 0 Å². The van der Waals surface area contributed by atoms with Crippen molar-refractivity contribution in [1.29, 1.82) is 0 Å². The Labute approximate surface area is 117 Å². The van der Waals surface area contributed by atoms with Crippen molar-refractivity contribution in [3.05, 3.63) is 55.6 Å². The van der Waals surface area contributed by atoms with Gasteiger partial charge in [-0.05, 0) is 45.1 Å². The zero-order valence-corrected chi connectivity index (χ0v) is 11.9. The molecular formula is C12H9BrClNOS. The fraction of sp³-hybridized carbons (Fsp3) is 0.0833. The number of carbonyl (C=O) groups is 1. The van der Waals surface area contributed by atoms with Crippen LogP contribution in [0.3, 0.4) is 0 Å². The summed E-state index contributed by atoms with van der Waals surface area (Å²) in [6, 6.07) is 9.30. The van der Waals surface area contributed by atoms with E-state index in [2.05, 4.69) is 21.2 Å². The summed E-state index contributed by atoms with van der Waals surface area (Å²) >= 11 is 10.6. The molecule has 0 aliphatic carbocycles. The molecule has 1 amide bonds. The second kappa shape index (κ2) is 5.67. The highest BCUT2D eigenvalue weighted by molar-refractivity contribution is 9.10. The summed E-state index contributed by atoms with van der Waals surface area (Å²) in [6.07, 6.45) is 0. The van der Waals surface area contributed by atoms with Gasteiger partial charge in [0.1, 0.15) is 4.88 Å². The number of benzene rings is 1. The molecule has 0 aliphatic heterocycles. The number of hydrogen-bond donors (Lipinski definition) is 1. The molecule has 2 nitrogen and oxygen atoms in total. The number of thiophene rings is 1. The fourth-order valence-corrected chi connectivity index (χ4v) is 3.05. The van der Waals surface area contributed by atoms with E-state index >= 15 is 0 Å². The Morgan fingerprint density at radius 2 is 2.24 bits per heavy atom. The monoisotopic (exact) mass is 329 g/mol. The number of carbonyl (C=O) groups excluding carboxylic acids is 1. The Morgan fingerprint density at radius 3 is 2.88 bits per heavy atom. The first-order valence-corrected chi connectivity index (χ1v) is 6.97. The maximum absolute atomic E-state index is 11.8. The van der Waals surface area contributed by atoms with E-state index < -0.39 is 0 Å². The lowest BCUT2D eigenvalue weighted by atomic mass is 10.2. The Bertz CT molecular complexity index is 541. The quantitative estimate of drug-likeness (QED) is 0.902. The minimum atomic E-state index is -0.0770. The molecular weight excluding hydrogens is 322 g/mol. The third-order valence-electron chi connectivity index (χ3n) is 2.17. The lowest BCUT2D eigenvalue weighted by molar-refractivity contribution is 0.0954. The smallest absolute Gasteiger partial charge is 0.262 e. The topological polar surface area (TPSA) is 29.1 Å². The SMILES string of the molecule is O=C(NCc1cccc(Cl)c1)c1sccc1Br. The highest BCUT2D eigenvalue weighted by Crippen LogP contribution is 2.22. The van der Waals surface area contributed by atoms with Crippen molar-refractivity contribution in [1.82, 2.24) is 5.32 Å². The average molecular weight is 331 g/mol. The van der Waals surface area contributed by atoms with E-state index in [9.17, 15) is 4.79 Å². The van der Waals surface area contributed by atoms with Crippen LogP contribution in [0, 0.1) is 0 Å². The lowest BCUT2D eigenvalue weighted by Gasteiger charge is -2.04. The van der Waals surface area contributed by atoms with E-state index in [1.807, 2.05) is 35.7 Å². The molecule has 0 saturated heterocycles. The van der Waals surface area contributed by atoms with E-state index in [0.29, 0.717) is 16.4 Å². The van der Waals surface area contributed by atoms with Crippen LogP contribution in [-0.4, -0.2) is 5.91 Å². The Morgan fingerprint density at radius 1 is 1.41 bits per heavy atom. The van der Waals surface area contributed by atoms with Crippen LogP contribution >= 0.6 is 38.9 Å². The summed E-state index contributed by atoms with van der Waals surface area (Å²) in [5, 5.41) is 5.40. The van der Waals surface area contributed by atoms with E-state index in [1.165, 1.54) is 11.3 Å². The molecule has 0 radical (unpaired) electrons.